The van der Waals surface area contributed by atoms with Crippen molar-refractivity contribution in [3.05, 3.63) is 88.3 Å². The first kappa shape index (κ1) is 18.6. The Morgan fingerprint density at radius 1 is 0.964 bits per heavy atom. The number of nitrogens with one attached hydrogen (secondary N) is 1. The van der Waals surface area contributed by atoms with Gasteiger partial charge in [-0.1, -0.05) is 36.4 Å². The molecule has 1 fully saturated rings. The Morgan fingerprint density at radius 3 is 2.46 bits per heavy atom. The van der Waals surface area contributed by atoms with Crippen LogP contribution in [-0.2, 0) is 0 Å². The molecule has 2 aromatic carbocycles. The maximum atomic E-state index is 12.0. The molecule has 3 aromatic rings. The number of pyridine rings is 1. The summed E-state index contributed by atoms with van der Waals surface area (Å²) >= 11 is 0. The second-order valence-electron chi connectivity index (χ2n) is 7.29. The molecular weight excluding hydrogens is 352 g/mol. The van der Waals surface area contributed by atoms with Crippen molar-refractivity contribution in [2.45, 2.75) is 38.1 Å². The third kappa shape index (κ3) is 3.52. The van der Waals surface area contributed by atoms with E-state index in [-0.39, 0.29) is 11.5 Å². The second kappa shape index (κ2) is 7.72. The zero-order valence-corrected chi connectivity index (χ0v) is 15.7. The summed E-state index contributed by atoms with van der Waals surface area (Å²) in [5.41, 5.74) is 5.13. The highest BCUT2D eigenvalue weighted by atomic mass is 16.3. The average Bonchev–Trinajstić information content (AvgIpc) is 2.69. The van der Waals surface area contributed by atoms with Crippen LogP contribution in [0.5, 0.6) is 0 Å². The number of benzene rings is 2. The Bertz CT molecular complexity index is 1030. The Labute approximate surface area is 163 Å². The minimum atomic E-state index is -0.759. The van der Waals surface area contributed by atoms with Gasteiger partial charge in [-0.3, -0.25) is 14.7 Å². The van der Waals surface area contributed by atoms with Crippen molar-refractivity contribution >= 4 is 0 Å². The van der Waals surface area contributed by atoms with E-state index >= 15 is 0 Å². The predicted octanol–water partition coefficient (Wildman–Crippen LogP) is 2.92. The van der Waals surface area contributed by atoms with Gasteiger partial charge in [0.2, 0.25) is 0 Å². The summed E-state index contributed by atoms with van der Waals surface area (Å²) in [6.07, 6.45) is 1.70. The zero-order valence-electron chi connectivity index (χ0n) is 15.7. The van der Waals surface area contributed by atoms with E-state index in [4.69, 9.17) is 0 Å². The topological polar surface area (TPSA) is 74.5 Å². The van der Waals surface area contributed by atoms with E-state index in [0.29, 0.717) is 6.42 Å². The van der Waals surface area contributed by atoms with Crippen LogP contribution in [0.3, 0.4) is 0 Å². The SMILES string of the molecule is Cc1c(-c2ccc(-n3ccccc3=O)cc2)cccc1C1CCC(O)NC1O. The van der Waals surface area contributed by atoms with Crippen molar-refractivity contribution in [1.29, 1.82) is 0 Å². The number of aromatic nitrogens is 1. The molecule has 3 unspecified atom stereocenters. The van der Waals surface area contributed by atoms with Crippen molar-refractivity contribution in [1.82, 2.24) is 9.88 Å². The molecular formula is C23H24N2O3. The summed E-state index contributed by atoms with van der Waals surface area (Å²) < 4.78 is 1.61. The summed E-state index contributed by atoms with van der Waals surface area (Å²) in [4.78, 5) is 12.0. The lowest BCUT2D eigenvalue weighted by molar-refractivity contribution is -0.0101. The average molecular weight is 376 g/mol. The van der Waals surface area contributed by atoms with Crippen LogP contribution in [0.2, 0.25) is 0 Å². The highest BCUT2D eigenvalue weighted by Gasteiger charge is 2.29. The third-order valence-electron chi connectivity index (χ3n) is 5.55. The Kier molecular flexibility index (Phi) is 5.13. The molecule has 0 aliphatic carbocycles. The monoisotopic (exact) mass is 376 g/mol. The summed E-state index contributed by atoms with van der Waals surface area (Å²) in [5.74, 6) is -0.0504. The molecule has 1 aromatic heterocycles. The first-order valence-corrected chi connectivity index (χ1v) is 9.55. The molecule has 5 nitrogen and oxygen atoms in total. The lowest BCUT2D eigenvalue weighted by Crippen LogP contribution is -2.46. The van der Waals surface area contributed by atoms with E-state index in [1.807, 2.05) is 42.5 Å². The predicted molar refractivity (Wildman–Crippen MR) is 109 cm³/mol. The third-order valence-corrected chi connectivity index (χ3v) is 5.55. The van der Waals surface area contributed by atoms with Crippen molar-refractivity contribution in [3.63, 3.8) is 0 Å². The minimum Gasteiger partial charge on any atom is -0.379 e. The first-order chi connectivity index (χ1) is 13.5. The van der Waals surface area contributed by atoms with Crippen molar-refractivity contribution in [3.8, 4) is 16.8 Å². The van der Waals surface area contributed by atoms with Gasteiger partial charge in [-0.25, -0.2) is 0 Å². The van der Waals surface area contributed by atoms with Crippen LogP contribution in [0, 0.1) is 6.92 Å². The maximum absolute atomic E-state index is 12.0. The van der Waals surface area contributed by atoms with E-state index < -0.39 is 12.5 Å². The van der Waals surface area contributed by atoms with E-state index in [2.05, 4.69) is 18.3 Å². The van der Waals surface area contributed by atoms with Crippen LogP contribution in [0.15, 0.2) is 71.7 Å². The van der Waals surface area contributed by atoms with Crippen LogP contribution < -0.4 is 10.9 Å². The summed E-state index contributed by atoms with van der Waals surface area (Å²) in [6.45, 7) is 2.07. The molecule has 5 heteroatoms. The number of hydrogen-bond acceptors (Lipinski definition) is 4. The Morgan fingerprint density at radius 2 is 1.75 bits per heavy atom. The second-order valence-corrected chi connectivity index (χ2v) is 7.29. The molecule has 0 saturated carbocycles. The molecule has 3 N–H and O–H groups in total. The number of piperidine rings is 1. The van der Waals surface area contributed by atoms with Crippen LogP contribution in [-0.4, -0.2) is 27.2 Å². The molecule has 2 heterocycles. The number of aliphatic hydroxyl groups excluding tert-OH is 2. The van der Waals surface area contributed by atoms with Crippen LogP contribution in [0.25, 0.3) is 16.8 Å². The number of aliphatic hydroxyl groups is 2. The number of rotatable bonds is 3. The molecule has 28 heavy (non-hydrogen) atoms. The largest absolute Gasteiger partial charge is 0.379 e. The van der Waals surface area contributed by atoms with Crippen molar-refractivity contribution in [2.75, 3.05) is 0 Å². The fourth-order valence-electron chi connectivity index (χ4n) is 4.03. The fraction of sp³-hybridized carbons (Fsp3) is 0.261. The van der Waals surface area contributed by atoms with E-state index in [0.717, 1.165) is 34.4 Å². The molecule has 0 bridgehead atoms. The zero-order chi connectivity index (χ0) is 19.7. The minimum absolute atomic E-state index is 0.0504. The normalized spacial score (nSPS) is 22.2. The van der Waals surface area contributed by atoms with Crippen molar-refractivity contribution in [2.24, 2.45) is 0 Å². The van der Waals surface area contributed by atoms with Gasteiger partial charge in [0.05, 0.1) is 0 Å². The Hall–Kier alpha value is -2.73. The summed E-state index contributed by atoms with van der Waals surface area (Å²) in [5, 5.41) is 22.9. The maximum Gasteiger partial charge on any atom is 0.255 e. The molecule has 0 amide bonds. The molecule has 3 atom stereocenters. The van der Waals surface area contributed by atoms with Crippen LogP contribution in [0.1, 0.15) is 29.9 Å². The highest BCUT2D eigenvalue weighted by Crippen LogP contribution is 2.35. The number of nitrogens with zero attached hydrogens (tertiary/aromatic N) is 1. The van der Waals surface area contributed by atoms with Gasteiger partial charge in [0.1, 0.15) is 12.5 Å². The molecule has 1 saturated heterocycles. The standard InChI is InChI=1S/C23H24N2O3/c1-15-18(5-4-6-19(15)20-12-13-21(26)24-23(20)28)16-8-10-17(11-9-16)25-14-3-2-7-22(25)27/h2-11,14,20-21,23-24,26,28H,12-13H2,1H3. The van der Waals surface area contributed by atoms with Gasteiger partial charge in [-0.2, -0.15) is 0 Å². The van der Waals surface area contributed by atoms with Crippen molar-refractivity contribution < 1.29 is 10.2 Å². The van der Waals surface area contributed by atoms with Gasteiger partial charge in [-0.05, 0) is 60.2 Å². The van der Waals surface area contributed by atoms with Gasteiger partial charge in [0, 0.05) is 23.9 Å². The highest BCUT2D eigenvalue weighted by molar-refractivity contribution is 5.69. The van der Waals surface area contributed by atoms with Crippen LogP contribution >= 0.6 is 0 Å². The quantitative estimate of drug-likeness (QED) is 0.657. The molecule has 1 aliphatic rings. The first-order valence-electron chi connectivity index (χ1n) is 9.55. The van der Waals surface area contributed by atoms with Gasteiger partial charge in [-0.15, -0.1) is 0 Å². The molecule has 0 spiro atoms. The summed E-state index contributed by atoms with van der Waals surface area (Å²) in [6, 6.07) is 19.1. The molecule has 4 rings (SSSR count). The molecule has 144 valence electrons. The smallest absolute Gasteiger partial charge is 0.255 e. The Balaban J connectivity index is 1.67. The molecule has 0 radical (unpaired) electrons. The lowest BCUT2D eigenvalue weighted by Gasteiger charge is -2.33. The van der Waals surface area contributed by atoms with Gasteiger partial charge in [0.15, 0.2) is 0 Å². The van der Waals surface area contributed by atoms with Gasteiger partial charge < -0.3 is 10.2 Å². The van der Waals surface area contributed by atoms with E-state index in [1.54, 1.807) is 22.9 Å². The number of hydrogen-bond donors (Lipinski definition) is 3. The molecule has 1 aliphatic heterocycles. The van der Waals surface area contributed by atoms with Gasteiger partial charge >= 0.3 is 0 Å². The van der Waals surface area contributed by atoms with E-state index in [9.17, 15) is 15.0 Å². The van der Waals surface area contributed by atoms with Crippen LogP contribution in [0.4, 0.5) is 0 Å². The fourth-order valence-corrected chi connectivity index (χ4v) is 4.03. The lowest BCUT2D eigenvalue weighted by atomic mass is 9.84. The summed E-state index contributed by atoms with van der Waals surface area (Å²) in [7, 11) is 0. The van der Waals surface area contributed by atoms with E-state index in [1.165, 1.54) is 0 Å². The van der Waals surface area contributed by atoms with Gasteiger partial charge in [0.25, 0.3) is 5.56 Å².